The van der Waals surface area contributed by atoms with Gasteiger partial charge in [-0.15, -0.1) is 0 Å². The van der Waals surface area contributed by atoms with Gasteiger partial charge in [-0.25, -0.2) is 13.7 Å². The van der Waals surface area contributed by atoms with Crippen LogP contribution in [0.15, 0.2) is 0 Å². The van der Waals surface area contributed by atoms with E-state index in [9.17, 15) is 13.7 Å². The molecule has 0 aliphatic rings. The molecule has 0 amide bonds. The van der Waals surface area contributed by atoms with E-state index in [4.69, 9.17) is 14.7 Å². The Morgan fingerprint density at radius 3 is 0.591 bits per heavy atom. The normalized spacial score (nSPS) is 11.3. The van der Waals surface area contributed by atoms with Gasteiger partial charge in [0.25, 0.3) is 0 Å². The second kappa shape index (κ2) is 15.6. The zero-order valence-electron chi connectivity index (χ0n) is 12.9. The Hall–Kier alpha value is 1.04. The maximum Gasteiger partial charge on any atom is 0.471 e. The van der Waals surface area contributed by atoms with E-state index >= 15 is 0 Å². The molecule has 22 heavy (non-hydrogen) atoms. The fourth-order valence-corrected chi connectivity index (χ4v) is 0.671. The second-order valence-electron chi connectivity index (χ2n) is 2.50. The molecule has 0 rings (SSSR count). The Kier molecular flexibility index (Phi) is 21.8. The van der Waals surface area contributed by atoms with Gasteiger partial charge >= 0.3 is 23.5 Å². The predicted molar refractivity (Wildman–Crippen MR) is 71.5 cm³/mol. The third-order valence-electron chi connectivity index (χ3n) is 1.38. The van der Waals surface area contributed by atoms with Gasteiger partial charge in [-0.2, -0.15) is 0 Å². The molecule has 0 heterocycles. The van der Waals surface area contributed by atoms with Crippen LogP contribution in [0.5, 0.6) is 0 Å². The van der Waals surface area contributed by atoms with Crippen LogP contribution < -0.4 is 0 Å². The van der Waals surface area contributed by atoms with Gasteiger partial charge in [-0.3, -0.25) is 27.1 Å². The third-order valence-corrected chi connectivity index (χ3v) is 4.15. The van der Waals surface area contributed by atoms with Crippen molar-refractivity contribution in [2.45, 2.75) is 0 Å². The van der Waals surface area contributed by atoms with Crippen molar-refractivity contribution in [1.82, 2.24) is 0 Å². The van der Waals surface area contributed by atoms with Gasteiger partial charge < -0.3 is 14.7 Å². The molecule has 12 nitrogen and oxygen atoms in total. The van der Waals surface area contributed by atoms with Crippen LogP contribution in [0.2, 0.25) is 0 Å². The topological polar surface area (TPSA) is 167 Å². The Morgan fingerprint density at radius 1 is 0.500 bits per heavy atom. The molecule has 0 aromatic rings. The maximum atomic E-state index is 10.1. The van der Waals surface area contributed by atoms with Crippen LogP contribution in [0.4, 0.5) is 0 Å². The molecule has 0 unspecified atom stereocenters. The second-order valence-corrected chi connectivity index (χ2v) is 7.50. The minimum absolute atomic E-state index is 0. The zero-order valence-corrected chi connectivity index (χ0v) is 17.1. The Labute approximate surface area is 143 Å². The quantitative estimate of drug-likeness (QED) is 0.410. The van der Waals surface area contributed by atoms with Crippen LogP contribution in [-0.4, -0.2) is 57.3 Å². The smallest absolute Gasteiger partial charge is 0.303 e. The summed E-state index contributed by atoms with van der Waals surface area (Å²) in [5.41, 5.74) is 0. The number of rotatable bonds is 6. The molecule has 0 saturated heterocycles. The number of hydrogen-bond donors (Lipinski definition) is 3. The summed E-state index contributed by atoms with van der Waals surface area (Å²) >= 11 is 0. The zero-order chi connectivity index (χ0) is 17.7. The Morgan fingerprint density at radius 2 is 0.591 bits per heavy atom. The third kappa shape index (κ3) is 23.3. The first kappa shape index (κ1) is 30.9. The van der Waals surface area contributed by atoms with Crippen molar-refractivity contribution in [3.05, 3.63) is 0 Å². The molecule has 136 valence electrons. The number of phosphoric acid groups is 3. The minimum atomic E-state index is -3.65. The van der Waals surface area contributed by atoms with Crippen molar-refractivity contribution in [2.75, 3.05) is 42.7 Å². The van der Waals surface area contributed by atoms with Gasteiger partial charge in [-0.1, -0.05) is 0 Å². The first-order valence-corrected chi connectivity index (χ1v) is 9.18. The van der Waals surface area contributed by atoms with Crippen molar-refractivity contribution in [1.29, 1.82) is 0 Å². The van der Waals surface area contributed by atoms with E-state index in [2.05, 4.69) is 27.1 Å². The van der Waals surface area contributed by atoms with E-state index in [1.807, 2.05) is 0 Å². The van der Waals surface area contributed by atoms with Crippen molar-refractivity contribution < 1.29 is 77.2 Å². The number of hydrogen-bond acceptors (Lipinski definition) is 9. The monoisotopic (exact) mass is 426 g/mol. The van der Waals surface area contributed by atoms with Crippen LogP contribution >= 0.6 is 23.5 Å². The summed E-state index contributed by atoms with van der Waals surface area (Å²) in [5.74, 6) is 0. The summed E-state index contributed by atoms with van der Waals surface area (Å²) in [6.45, 7) is 0. The molecular formula is C6H21O12P3Ti. The van der Waals surface area contributed by atoms with Crippen LogP contribution in [0, 0.1) is 0 Å². The van der Waals surface area contributed by atoms with Crippen LogP contribution in [0.25, 0.3) is 0 Å². The fraction of sp³-hybridized carbons (Fsp3) is 1.00. The molecule has 3 N–H and O–H groups in total. The van der Waals surface area contributed by atoms with Crippen LogP contribution in [-0.2, 0) is 62.6 Å². The molecule has 0 aromatic heterocycles. The van der Waals surface area contributed by atoms with Crippen molar-refractivity contribution in [2.24, 2.45) is 0 Å². The largest absolute Gasteiger partial charge is 0.471 e. The van der Waals surface area contributed by atoms with E-state index in [0.717, 1.165) is 42.7 Å². The van der Waals surface area contributed by atoms with E-state index in [-0.39, 0.29) is 21.7 Å². The van der Waals surface area contributed by atoms with Crippen molar-refractivity contribution >= 4 is 23.5 Å². The van der Waals surface area contributed by atoms with Crippen molar-refractivity contribution in [3.8, 4) is 0 Å². The molecule has 0 saturated carbocycles. The summed E-state index contributed by atoms with van der Waals surface area (Å²) < 4.78 is 54.0. The minimum Gasteiger partial charge on any atom is -0.303 e. The summed E-state index contributed by atoms with van der Waals surface area (Å²) in [6.07, 6.45) is 0. The summed E-state index contributed by atoms with van der Waals surface area (Å²) in [7, 11) is -4.35. The van der Waals surface area contributed by atoms with Gasteiger partial charge in [0.2, 0.25) is 0 Å². The maximum absolute atomic E-state index is 10.1. The Bertz CT molecular complexity index is 308. The van der Waals surface area contributed by atoms with E-state index in [1.54, 1.807) is 0 Å². The van der Waals surface area contributed by atoms with Gasteiger partial charge in [0.05, 0.1) is 0 Å². The average molecular weight is 426 g/mol. The molecule has 0 spiro atoms. The average Bonchev–Trinajstić information content (AvgIpc) is 2.48. The van der Waals surface area contributed by atoms with E-state index in [0.29, 0.717) is 0 Å². The number of phosphoric ester groups is 3. The van der Waals surface area contributed by atoms with E-state index in [1.165, 1.54) is 0 Å². The molecule has 0 aromatic carbocycles. The standard InChI is InChI=1S/3C2H7O4P.Ti/c3*1-5-7(3,4)6-2;/h3*1-2H3,(H,3,4);. The fourth-order valence-electron chi connectivity index (χ4n) is 0.224. The molecular weight excluding hydrogens is 405 g/mol. The van der Waals surface area contributed by atoms with Gasteiger partial charge in [-0.05, 0) is 0 Å². The Balaban J connectivity index is -0.000000108. The summed E-state index contributed by atoms with van der Waals surface area (Å²) in [6, 6.07) is 0. The molecule has 0 aliphatic heterocycles. The first-order chi connectivity index (χ1) is 9.36. The van der Waals surface area contributed by atoms with Crippen LogP contribution in [0.1, 0.15) is 0 Å². The van der Waals surface area contributed by atoms with Crippen molar-refractivity contribution in [3.63, 3.8) is 0 Å². The SMILES string of the molecule is COP(=O)(O)OC.COP(=O)(O)OC.COP(=O)(O)OC.[Ti]. The molecule has 16 heteroatoms. The molecule has 0 fully saturated rings. The molecule has 0 bridgehead atoms. The van der Waals surface area contributed by atoms with Gasteiger partial charge in [0, 0.05) is 64.4 Å². The van der Waals surface area contributed by atoms with Gasteiger partial charge in [0.15, 0.2) is 0 Å². The molecule has 0 radical (unpaired) electrons. The summed E-state index contributed by atoms with van der Waals surface area (Å²) in [4.78, 5) is 24.7. The van der Waals surface area contributed by atoms with Crippen LogP contribution in [0.3, 0.4) is 0 Å². The van der Waals surface area contributed by atoms with Gasteiger partial charge in [0.1, 0.15) is 0 Å². The summed E-state index contributed by atoms with van der Waals surface area (Å²) in [5, 5.41) is 0. The molecule has 0 atom stereocenters. The molecule has 0 aliphatic carbocycles. The van der Waals surface area contributed by atoms with E-state index < -0.39 is 23.5 Å². The predicted octanol–water partition coefficient (Wildman–Crippen LogP) is 1.14. The first-order valence-electron chi connectivity index (χ1n) is 4.69.